The summed E-state index contributed by atoms with van der Waals surface area (Å²) in [7, 11) is 1.93. The van der Waals surface area contributed by atoms with E-state index < -0.39 is 6.10 Å². The van der Waals surface area contributed by atoms with Gasteiger partial charge in [0.25, 0.3) is 0 Å². The SMILES string of the molecule is CN1CCC(c2c(O)cc(O)c3c(=O)cc(N4CCCCC4)oc23)C(O)C1. The van der Waals surface area contributed by atoms with E-state index in [4.69, 9.17) is 4.42 Å². The highest BCUT2D eigenvalue weighted by molar-refractivity contribution is 5.89. The summed E-state index contributed by atoms with van der Waals surface area (Å²) in [6, 6.07) is 2.60. The molecule has 2 aliphatic heterocycles. The van der Waals surface area contributed by atoms with E-state index in [0.29, 0.717) is 24.4 Å². The number of likely N-dealkylation sites (N-methyl/N-ethyl adjacent to an activating group) is 1. The molecule has 7 nitrogen and oxygen atoms in total. The van der Waals surface area contributed by atoms with Crippen LogP contribution >= 0.6 is 0 Å². The van der Waals surface area contributed by atoms with Crippen LogP contribution in [-0.2, 0) is 0 Å². The zero-order chi connectivity index (χ0) is 19.1. The van der Waals surface area contributed by atoms with Gasteiger partial charge in [-0.1, -0.05) is 0 Å². The van der Waals surface area contributed by atoms with E-state index in [-0.39, 0.29) is 33.8 Å². The zero-order valence-corrected chi connectivity index (χ0v) is 15.5. The van der Waals surface area contributed by atoms with Crippen LogP contribution in [0.5, 0.6) is 11.5 Å². The average molecular weight is 374 g/mol. The smallest absolute Gasteiger partial charge is 0.200 e. The number of β-amino-alcohol motifs (C(OH)–C–C–N with tert-alkyl or cyclic N) is 1. The van der Waals surface area contributed by atoms with Crippen molar-refractivity contribution < 1.29 is 19.7 Å². The third kappa shape index (κ3) is 3.26. The number of hydrogen-bond acceptors (Lipinski definition) is 7. The first-order chi connectivity index (χ1) is 13.0. The summed E-state index contributed by atoms with van der Waals surface area (Å²) in [6.07, 6.45) is 3.17. The second kappa shape index (κ2) is 7.05. The number of fused-ring (bicyclic) bond motifs is 1. The molecule has 0 radical (unpaired) electrons. The Kier molecular flexibility index (Phi) is 4.74. The largest absolute Gasteiger partial charge is 0.507 e. The number of hydrogen-bond donors (Lipinski definition) is 3. The molecule has 0 spiro atoms. The van der Waals surface area contributed by atoms with E-state index in [1.54, 1.807) is 0 Å². The van der Waals surface area contributed by atoms with Gasteiger partial charge >= 0.3 is 0 Å². The molecule has 0 bridgehead atoms. The monoisotopic (exact) mass is 374 g/mol. The maximum absolute atomic E-state index is 12.7. The van der Waals surface area contributed by atoms with Gasteiger partial charge in [-0.05, 0) is 39.3 Å². The maximum Gasteiger partial charge on any atom is 0.200 e. The van der Waals surface area contributed by atoms with Crippen LogP contribution in [0, 0.1) is 0 Å². The number of rotatable bonds is 2. The van der Waals surface area contributed by atoms with Crippen LogP contribution in [0.4, 0.5) is 5.88 Å². The summed E-state index contributed by atoms with van der Waals surface area (Å²) in [5, 5.41) is 31.5. The van der Waals surface area contributed by atoms with E-state index in [1.807, 2.05) is 16.8 Å². The standard InChI is InChI=1S/C20H26N2O5/c1-21-8-5-12(16(26)11-21)18-13(23)9-14(24)19-15(25)10-17(27-20(18)19)22-6-3-2-4-7-22/h9-10,12,16,23-24,26H,2-8,11H2,1H3. The molecular formula is C20H26N2O5. The van der Waals surface area contributed by atoms with Crippen molar-refractivity contribution in [2.75, 3.05) is 38.1 Å². The van der Waals surface area contributed by atoms with E-state index in [0.717, 1.165) is 38.9 Å². The van der Waals surface area contributed by atoms with Crippen LogP contribution in [0.15, 0.2) is 21.3 Å². The quantitative estimate of drug-likeness (QED) is 0.739. The van der Waals surface area contributed by atoms with Gasteiger partial charge in [-0.2, -0.15) is 0 Å². The maximum atomic E-state index is 12.7. The number of benzene rings is 1. The molecule has 2 aromatic rings. The molecule has 2 aliphatic rings. The first-order valence-corrected chi connectivity index (χ1v) is 9.60. The fourth-order valence-electron chi connectivity index (χ4n) is 4.36. The molecule has 2 unspecified atom stereocenters. The number of aromatic hydroxyl groups is 2. The van der Waals surface area contributed by atoms with Gasteiger partial charge in [-0.3, -0.25) is 4.79 Å². The van der Waals surface area contributed by atoms with E-state index >= 15 is 0 Å². The summed E-state index contributed by atoms with van der Waals surface area (Å²) in [5.74, 6) is -0.343. The van der Waals surface area contributed by atoms with Gasteiger partial charge in [-0.15, -0.1) is 0 Å². The molecule has 3 heterocycles. The lowest BCUT2D eigenvalue weighted by molar-refractivity contribution is 0.0630. The van der Waals surface area contributed by atoms with Crippen molar-refractivity contribution in [2.24, 2.45) is 0 Å². The molecule has 4 rings (SSSR count). The van der Waals surface area contributed by atoms with Crippen molar-refractivity contribution in [3.63, 3.8) is 0 Å². The van der Waals surface area contributed by atoms with E-state index in [9.17, 15) is 20.1 Å². The zero-order valence-electron chi connectivity index (χ0n) is 15.5. The molecule has 1 aromatic heterocycles. The van der Waals surface area contributed by atoms with Crippen molar-refractivity contribution in [2.45, 2.75) is 37.7 Å². The third-order valence-corrected chi connectivity index (χ3v) is 5.81. The highest BCUT2D eigenvalue weighted by Crippen LogP contribution is 2.42. The van der Waals surface area contributed by atoms with Crippen LogP contribution in [0.1, 0.15) is 37.2 Å². The molecule has 146 valence electrons. The number of phenols is 2. The van der Waals surface area contributed by atoms with Gasteiger partial charge in [0.05, 0.1) is 6.10 Å². The van der Waals surface area contributed by atoms with Crippen LogP contribution in [0.3, 0.4) is 0 Å². The minimum atomic E-state index is -0.689. The average Bonchev–Trinajstić information content (AvgIpc) is 2.63. The fraction of sp³-hybridized carbons (Fsp3) is 0.550. The van der Waals surface area contributed by atoms with Gasteiger partial charge in [0.15, 0.2) is 16.9 Å². The van der Waals surface area contributed by atoms with Crippen molar-refractivity contribution in [1.82, 2.24) is 4.90 Å². The predicted octanol–water partition coefficient (Wildman–Crippen LogP) is 1.97. The fourth-order valence-corrected chi connectivity index (χ4v) is 4.36. The van der Waals surface area contributed by atoms with Crippen molar-refractivity contribution >= 4 is 16.9 Å². The molecule has 2 atom stereocenters. The number of phenolic OH excluding ortho intramolecular Hbond substituents is 2. The van der Waals surface area contributed by atoms with Gasteiger partial charge < -0.3 is 29.5 Å². The van der Waals surface area contributed by atoms with E-state index in [1.165, 1.54) is 12.1 Å². The Morgan fingerprint density at radius 1 is 1.07 bits per heavy atom. The van der Waals surface area contributed by atoms with Crippen LogP contribution in [-0.4, -0.2) is 59.6 Å². The first kappa shape index (κ1) is 18.1. The number of piperidine rings is 2. The van der Waals surface area contributed by atoms with Crippen molar-refractivity contribution in [3.8, 4) is 11.5 Å². The van der Waals surface area contributed by atoms with Crippen molar-refractivity contribution in [3.05, 3.63) is 27.9 Å². The first-order valence-electron chi connectivity index (χ1n) is 9.60. The summed E-state index contributed by atoms with van der Waals surface area (Å²) in [6.45, 7) is 2.86. The van der Waals surface area contributed by atoms with Crippen LogP contribution < -0.4 is 10.3 Å². The lowest BCUT2D eigenvalue weighted by atomic mass is 9.85. The number of aliphatic hydroxyl groups is 1. The number of anilines is 1. The minimum Gasteiger partial charge on any atom is -0.507 e. The second-order valence-electron chi connectivity index (χ2n) is 7.75. The highest BCUT2D eigenvalue weighted by Gasteiger charge is 2.33. The molecule has 0 aliphatic carbocycles. The molecule has 2 fully saturated rings. The van der Waals surface area contributed by atoms with Crippen LogP contribution in [0.25, 0.3) is 11.0 Å². The number of aliphatic hydroxyl groups excluding tert-OH is 1. The van der Waals surface area contributed by atoms with Crippen molar-refractivity contribution in [1.29, 1.82) is 0 Å². The summed E-state index contributed by atoms with van der Waals surface area (Å²) in [4.78, 5) is 16.8. The molecule has 7 heteroatoms. The molecule has 0 saturated carbocycles. The van der Waals surface area contributed by atoms with Gasteiger partial charge in [-0.25, -0.2) is 0 Å². The highest BCUT2D eigenvalue weighted by atomic mass is 16.4. The minimum absolute atomic E-state index is 0.0645. The summed E-state index contributed by atoms with van der Waals surface area (Å²) >= 11 is 0. The molecule has 3 N–H and O–H groups in total. The Bertz CT molecular complexity index is 903. The van der Waals surface area contributed by atoms with Crippen LogP contribution in [0.2, 0.25) is 0 Å². The Balaban J connectivity index is 1.89. The molecule has 1 aromatic carbocycles. The predicted molar refractivity (Wildman–Crippen MR) is 103 cm³/mol. The Labute approximate surface area is 157 Å². The molecule has 0 amide bonds. The third-order valence-electron chi connectivity index (χ3n) is 5.81. The second-order valence-corrected chi connectivity index (χ2v) is 7.75. The molecule has 27 heavy (non-hydrogen) atoms. The Morgan fingerprint density at radius 2 is 1.81 bits per heavy atom. The number of nitrogens with zero attached hydrogens (tertiary/aromatic N) is 2. The number of likely N-dealkylation sites (tertiary alicyclic amines) is 1. The topological polar surface area (TPSA) is 97.4 Å². The Hall–Kier alpha value is -2.25. The molecule has 2 saturated heterocycles. The normalized spacial score (nSPS) is 24.4. The van der Waals surface area contributed by atoms with Gasteiger partial charge in [0.1, 0.15) is 16.9 Å². The molecular weight excluding hydrogens is 348 g/mol. The Morgan fingerprint density at radius 3 is 2.52 bits per heavy atom. The summed E-state index contributed by atoms with van der Waals surface area (Å²) in [5.41, 5.74) is 0.270. The van der Waals surface area contributed by atoms with E-state index in [2.05, 4.69) is 0 Å². The lowest BCUT2D eigenvalue weighted by Gasteiger charge is -2.34. The van der Waals surface area contributed by atoms with Gasteiger partial charge in [0, 0.05) is 43.2 Å². The van der Waals surface area contributed by atoms with Gasteiger partial charge in [0.2, 0.25) is 0 Å². The lowest BCUT2D eigenvalue weighted by Crippen LogP contribution is -2.40. The summed E-state index contributed by atoms with van der Waals surface area (Å²) < 4.78 is 6.08.